The minimum atomic E-state index is -3.64. The van der Waals surface area contributed by atoms with Crippen LogP contribution in [0.1, 0.15) is 44.2 Å². The van der Waals surface area contributed by atoms with Gasteiger partial charge in [-0.2, -0.15) is 0 Å². The van der Waals surface area contributed by atoms with Crippen LogP contribution in [-0.2, 0) is 32.5 Å². The third-order valence-corrected chi connectivity index (χ3v) is 6.30. The summed E-state index contributed by atoms with van der Waals surface area (Å²) in [5, 5.41) is 5.22. The number of sulfonamides is 1. The summed E-state index contributed by atoms with van der Waals surface area (Å²) in [6.45, 7) is 3.64. The SMILES string of the molecule is CNC(=O)C(C)(C)CNC(=O)CCNS(=O)(=O)c1ccc2c(c1)CCCC2. The number of benzene rings is 1. The summed E-state index contributed by atoms with van der Waals surface area (Å²) in [7, 11) is -2.10. The molecule has 1 aromatic rings. The number of nitrogens with one attached hydrogen (secondary N) is 3. The van der Waals surface area contributed by atoms with E-state index in [9.17, 15) is 18.0 Å². The Labute approximate surface area is 161 Å². The first-order valence-electron chi connectivity index (χ1n) is 9.26. The van der Waals surface area contributed by atoms with Crippen molar-refractivity contribution < 1.29 is 18.0 Å². The second-order valence-electron chi connectivity index (χ2n) is 7.53. The molecule has 0 bridgehead atoms. The van der Waals surface area contributed by atoms with Crippen LogP contribution in [0.3, 0.4) is 0 Å². The summed E-state index contributed by atoms with van der Waals surface area (Å²) < 4.78 is 27.4. The Kier molecular flexibility index (Phi) is 7.00. The number of hydrogen-bond acceptors (Lipinski definition) is 4. The van der Waals surface area contributed by atoms with E-state index in [-0.39, 0.29) is 36.2 Å². The van der Waals surface area contributed by atoms with Crippen molar-refractivity contribution in [2.75, 3.05) is 20.1 Å². The first kappa shape index (κ1) is 21.4. The average molecular weight is 396 g/mol. The average Bonchev–Trinajstić information content (AvgIpc) is 2.65. The zero-order chi connectivity index (χ0) is 20.1. The molecule has 0 heterocycles. The van der Waals surface area contributed by atoms with E-state index in [1.165, 1.54) is 5.56 Å². The highest BCUT2D eigenvalue weighted by Crippen LogP contribution is 2.24. The van der Waals surface area contributed by atoms with Gasteiger partial charge in [0.15, 0.2) is 0 Å². The molecule has 3 N–H and O–H groups in total. The molecule has 8 heteroatoms. The molecular formula is C19H29N3O4S. The van der Waals surface area contributed by atoms with Crippen LogP contribution in [0.2, 0.25) is 0 Å². The molecule has 0 atom stereocenters. The zero-order valence-electron chi connectivity index (χ0n) is 16.2. The third kappa shape index (κ3) is 5.77. The van der Waals surface area contributed by atoms with Gasteiger partial charge in [0.25, 0.3) is 0 Å². The van der Waals surface area contributed by atoms with Gasteiger partial charge in [0.1, 0.15) is 0 Å². The van der Waals surface area contributed by atoms with Crippen LogP contribution in [0.4, 0.5) is 0 Å². The molecule has 0 aliphatic heterocycles. The summed E-state index contributed by atoms with van der Waals surface area (Å²) >= 11 is 0. The highest BCUT2D eigenvalue weighted by molar-refractivity contribution is 7.89. The van der Waals surface area contributed by atoms with Gasteiger partial charge in [-0.05, 0) is 62.8 Å². The van der Waals surface area contributed by atoms with Crippen molar-refractivity contribution in [3.05, 3.63) is 29.3 Å². The summed E-state index contributed by atoms with van der Waals surface area (Å²) in [4.78, 5) is 23.9. The quantitative estimate of drug-likeness (QED) is 0.613. The second kappa shape index (κ2) is 8.84. The Hall–Kier alpha value is -1.93. The Balaban J connectivity index is 1.85. The lowest BCUT2D eigenvalue weighted by atomic mass is 9.92. The number of amides is 2. The molecule has 2 rings (SSSR count). The normalized spacial score (nSPS) is 14.3. The van der Waals surface area contributed by atoms with Gasteiger partial charge in [0, 0.05) is 26.6 Å². The standard InChI is InChI=1S/C19H29N3O4S/c1-19(2,18(24)20-3)13-21-17(23)10-11-22-27(25,26)16-9-8-14-6-4-5-7-15(14)12-16/h8-9,12,22H,4-7,10-11,13H2,1-3H3,(H,20,24)(H,21,23). The van der Waals surface area contributed by atoms with E-state index >= 15 is 0 Å². The van der Waals surface area contributed by atoms with E-state index in [0.717, 1.165) is 31.2 Å². The van der Waals surface area contributed by atoms with Gasteiger partial charge >= 0.3 is 0 Å². The molecule has 0 saturated carbocycles. The molecule has 27 heavy (non-hydrogen) atoms. The van der Waals surface area contributed by atoms with Crippen LogP contribution in [0.5, 0.6) is 0 Å². The highest BCUT2D eigenvalue weighted by atomic mass is 32.2. The smallest absolute Gasteiger partial charge is 0.240 e. The number of carbonyl (C=O) groups is 2. The van der Waals surface area contributed by atoms with Crippen molar-refractivity contribution in [2.45, 2.75) is 50.8 Å². The second-order valence-corrected chi connectivity index (χ2v) is 9.29. The Bertz CT molecular complexity index is 803. The number of fused-ring (bicyclic) bond motifs is 1. The van der Waals surface area contributed by atoms with E-state index in [4.69, 9.17) is 0 Å². The summed E-state index contributed by atoms with van der Waals surface area (Å²) in [6, 6.07) is 5.25. The molecule has 0 saturated heterocycles. The van der Waals surface area contributed by atoms with Gasteiger partial charge in [0.2, 0.25) is 21.8 Å². The van der Waals surface area contributed by atoms with Crippen LogP contribution in [0, 0.1) is 5.41 Å². The van der Waals surface area contributed by atoms with E-state index in [0.29, 0.717) is 0 Å². The lowest BCUT2D eigenvalue weighted by Gasteiger charge is -2.22. The molecule has 150 valence electrons. The molecule has 0 spiro atoms. The van der Waals surface area contributed by atoms with Crippen LogP contribution in [0.25, 0.3) is 0 Å². The van der Waals surface area contributed by atoms with Gasteiger partial charge in [-0.1, -0.05) is 6.07 Å². The number of carbonyl (C=O) groups excluding carboxylic acids is 2. The number of hydrogen-bond donors (Lipinski definition) is 3. The molecule has 7 nitrogen and oxygen atoms in total. The molecule has 0 unspecified atom stereocenters. The maximum Gasteiger partial charge on any atom is 0.240 e. The summed E-state index contributed by atoms with van der Waals surface area (Å²) in [6.07, 6.45) is 4.13. The maximum atomic E-state index is 12.4. The molecule has 1 aliphatic rings. The van der Waals surface area contributed by atoms with Gasteiger partial charge < -0.3 is 10.6 Å². The van der Waals surface area contributed by atoms with Crippen LogP contribution in [-0.4, -0.2) is 40.4 Å². The molecule has 0 fully saturated rings. The van der Waals surface area contributed by atoms with E-state index in [1.807, 2.05) is 6.07 Å². The van der Waals surface area contributed by atoms with Crippen LogP contribution in [0.15, 0.2) is 23.1 Å². The predicted octanol–water partition coefficient (Wildman–Crippen LogP) is 1.12. The lowest BCUT2D eigenvalue weighted by molar-refractivity contribution is -0.129. The molecular weight excluding hydrogens is 366 g/mol. The van der Waals surface area contributed by atoms with Gasteiger partial charge in [-0.15, -0.1) is 0 Å². The third-order valence-electron chi connectivity index (χ3n) is 4.84. The lowest BCUT2D eigenvalue weighted by Crippen LogP contribution is -2.44. The topological polar surface area (TPSA) is 104 Å². The number of aryl methyl sites for hydroxylation is 2. The van der Waals surface area contributed by atoms with E-state index in [1.54, 1.807) is 33.0 Å². The maximum absolute atomic E-state index is 12.4. The van der Waals surface area contributed by atoms with Crippen molar-refractivity contribution >= 4 is 21.8 Å². The molecule has 0 aromatic heterocycles. The van der Waals surface area contributed by atoms with Crippen molar-refractivity contribution in [1.29, 1.82) is 0 Å². The monoisotopic (exact) mass is 395 g/mol. The Morgan fingerprint density at radius 3 is 2.44 bits per heavy atom. The molecule has 1 aromatic carbocycles. The zero-order valence-corrected chi connectivity index (χ0v) is 17.0. The van der Waals surface area contributed by atoms with E-state index in [2.05, 4.69) is 15.4 Å². The Morgan fingerprint density at radius 1 is 1.11 bits per heavy atom. The first-order chi connectivity index (χ1) is 12.7. The van der Waals surface area contributed by atoms with Crippen molar-refractivity contribution in [1.82, 2.24) is 15.4 Å². The van der Waals surface area contributed by atoms with Crippen LogP contribution < -0.4 is 15.4 Å². The molecule has 1 aliphatic carbocycles. The summed E-state index contributed by atoms with van der Waals surface area (Å²) in [5.74, 6) is -0.476. The van der Waals surface area contributed by atoms with Crippen LogP contribution >= 0.6 is 0 Å². The predicted molar refractivity (Wildman–Crippen MR) is 104 cm³/mol. The first-order valence-corrected chi connectivity index (χ1v) is 10.7. The fraction of sp³-hybridized carbons (Fsp3) is 0.579. The molecule has 0 radical (unpaired) electrons. The van der Waals surface area contributed by atoms with E-state index < -0.39 is 15.4 Å². The van der Waals surface area contributed by atoms with Crippen molar-refractivity contribution in [3.8, 4) is 0 Å². The highest BCUT2D eigenvalue weighted by Gasteiger charge is 2.27. The van der Waals surface area contributed by atoms with Crippen molar-refractivity contribution in [3.63, 3.8) is 0 Å². The van der Waals surface area contributed by atoms with Gasteiger partial charge in [-0.25, -0.2) is 13.1 Å². The summed E-state index contributed by atoms with van der Waals surface area (Å²) in [5.41, 5.74) is 1.59. The molecule has 2 amide bonds. The fourth-order valence-corrected chi connectivity index (χ4v) is 4.17. The minimum absolute atomic E-state index is 0.00561. The fourth-order valence-electron chi connectivity index (χ4n) is 3.09. The number of rotatable bonds is 8. The van der Waals surface area contributed by atoms with Crippen molar-refractivity contribution in [2.24, 2.45) is 5.41 Å². The minimum Gasteiger partial charge on any atom is -0.359 e. The Morgan fingerprint density at radius 2 is 1.78 bits per heavy atom. The largest absolute Gasteiger partial charge is 0.359 e. The van der Waals surface area contributed by atoms with Gasteiger partial charge in [-0.3, -0.25) is 9.59 Å². The van der Waals surface area contributed by atoms with Gasteiger partial charge in [0.05, 0.1) is 10.3 Å².